The van der Waals surface area contributed by atoms with Crippen LogP contribution in [0.4, 0.5) is 10.2 Å². The smallest absolute Gasteiger partial charge is 0.263 e. The normalized spacial score (nSPS) is 16.2. The zero-order chi connectivity index (χ0) is 22.8. The van der Waals surface area contributed by atoms with Crippen LogP contribution in [0, 0.1) is 11.7 Å². The largest absolute Gasteiger partial charge is 0.355 e. The van der Waals surface area contributed by atoms with Gasteiger partial charge in [-0.05, 0) is 42.7 Å². The van der Waals surface area contributed by atoms with E-state index in [9.17, 15) is 9.18 Å². The summed E-state index contributed by atoms with van der Waals surface area (Å²) >= 11 is 0. The average molecular weight is 445 g/mol. The minimum Gasteiger partial charge on any atom is -0.355 e. The van der Waals surface area contributed by atoms with E-state index in [1.807, 2.05) is 37.4 Å². The van der Waals surface area contributed by atoms with Gasteiger partial charge in [0.2, 0.25) is 5.91 Å². The average Bonchev–Trinajstić information content (AvgIpc) is 3.29. The van der Waals surface area contributed by atoms with Crippen LogP contribution in [-0.2, 0) is 11.3 Å². The molecule has 33 heavy (non-hydrogen) atoms. The highest BCUT2D eigenvalue weighted by Crippen LogP contribution is 2.35. The van der Waals surface area contributed by atoms with Gasteiger partial charge in [0.25, 0.3) is 5.71 Å². The van der Waals surface area contributed by atoms with E-state index in [0.717, 1.165) is 30.5 Å². The van der Waals surface area contributed by atoms with Gasteiger partial charge < -0.3 is 14.3 Å². The maximum atomic E-state index is 13.4. The zero-order valence-electron chi connectivity index (χ0n) is 18.3. The van der Waals surface area contributed by atoms with Gasteiger partial charge in [-0.15, -0.1) is 0 Å². The lowest BCUT2D eigenvalue weighted by molar-refractivity contribution is -0.135. The first-order valence-corrected chi connectivity index (χ1v) is 11.0. The molecule has 0 radical (unpaired) electrons. The van der Waals surface area contributed by atoms with E-state index < -0.39 is 0 Å². The Morgan fingerprint density at radius 2 is 1.94 bits per heavy atom. The van der Waals surface area contributed by atoms with Crippen LogP contribution in [0.15, 0.2) is 65.4 Å². The second kappa shape index (κ2) is 8.97. The number of fused-ring (bicyclic) bond motifs is 1. The molecule has 0 unspecified atom stereocenters. The Hall–Kier alpha value is -3.81. The molecule has 4 aromatic rings. The predicted octanol–water partition coefficient (Wildman–Crippen LogP) is 4.30. The number of hydrogen-bond donors (Lipinski definition) is 0. The summed E-state index contributed by atoms with van der Waals surface area (Å²) in [7, 11) is 1.85. The van der Waals surface area contributed by atoms with Crippen molar-refractivity contribution >= 4 is 22.8 Å². The SMILES string of the molecule is CN(Cc1ccccc1)C(=O)[C@H]1CCCN(c2ncnc3onc(-c4ccc(F)cc4)c23)C1. The second-order valence-corrected chi connectivity index (χ2v) is 8.38. The first kappa shape index (κ1) is 21.1. The maximum absolute atomic E-state index is 13.4. The fraction of sp³-hybridized carbons (Fsp3) is 0.280. The molecule has 1 aliphatic heterocycles. The minimum atomic E-state index is -0.319. The van der Waals surface area contributed by atoms with Crippen molar-refractivity contribution in [1.82, 2.24) is 20.0 Å². The Bertz CT molecular complexity index is 1260. The summed E-state index contributed by atoms with van der Waals surface area (Å²) in [5.74, 6) is 0.355. The van der Waals surface area contributed by atoms with Crippen LogP contribution in [0.1, 0.15) is 18.4 Å². The van der Waals surface area contributed by atoms with Crippen molar-refractivity contribution in [3.63, 3.8) is 0 Å². The molecule has 0 N–H and O–H groups in total. The molecule has 0 aliphatic carbocycles. The van der Waals surface area contributed by atoms with Gasteiger partial charge in [-0.25, -0.2) is 9.37 Å². The molecule has 1 saturated heterocycles. The van der Waals surface area contributed by atoms with Crippen molar-refractivity contribution in [2.75, 3.05) is 25.0 Å². The van der Waals surface area contributed by atoms with Gasteiger partial charge in [-0.1, -0.05) is 35.5 Å². The van der Waals surface area contributed by atoms with Crippen LogP contribution >= 0.6 is 0 Å². The topological polar surface area (TPSA) is 75.4 Å². The quantitative estimate of drug-likeness (QED) is 0.456. The van der Waals surface area contributed by atoms with Crippen LogP contribution < -0.4 is 4.90 Å². The molecule has 168 valence electrons. The summed E-state index contributed by atoms with van der Waals surface area (Å²) in [6.45, 7) is 1.90. The molecule has 3 heterocycles. The Morgan fingerprint density at radius 3 is 2.73 bits per heavy atom. The maximum Gasteiger partial charge on any atom is 0.263 e. The van der Waals surface area contributed by atoms with Gasteiger partial charge in [-0.2, -0.15) is 4.98 Å². The Morgan fingerprint density at radius 1 is 1.15 bits per heavy atom. The van der Waals surface area contributed by atoms with E-state index in [2.05, 4.69) is 20.0 Å². The fourth-order valence-electron chi connectivity index (χ4n) is 4.43. The van der Waals surface area contributed by atoms with Crippen LogP contribution in [0.5, 0.6) is 0 Å². The van der Waals surface area contributed by atoms with Gasteiger partial charge in [0.15, 0.2) is 0 Å². The van der Waals surface area contributed by atoms with E-state index in [1.165, 1.54) is 18.5 Å². The third-order valence-corrected chi connectivity index (χ3v) is 6.08. The van der Waals surface area contributed by atoms with Gasteiger partial charge in [-0.3, -0.25) is 4.79 Å². The molecule has 0 saturated carbocycles. The number of hydrogen-bond acceptors (Lipinski definition) is 6. The summed E-state index contributed by atoms with van der Waals surface area (Å²) in [6.07, 6.45) is 3.15. The van der Waals surface area contributed by atoms with Gasteiger partial charge >= 0.3 is 0 Å². The van der Waals surface area contributed by atoms with E-state index in [-0.39, 0.29) is 17.6 Å². The molecular formula is C25H24FN5O2. The highest BCUT2D eigenvalue weighted by Gasteiger charge is 2.30. The second-order valence-electron chi connectivity index (χ2n) is 8.38. The summed E-state index contributed by atoms with van der Waals surface area (Å²) in [6, 6.07) is 16.1. The van der Waals surface area contributed by atoms with E-state index >= 15 is 0 Å². The molecule has 1 fully saturated rings. The number of aromatic nitrogens is 3. The van der Waals surface area contributed by atoms with Crippen LogP contribution in [0.25, 0.3) is 22.4 Å². The molecule has 1 atom stereocenters. The third-order valence-electron chi connectivity index (χ3n) is 6.08. The lowest BCUT2D eigenvalue weighted by atomic mass is 9.96. The molecule has 5 rings (SSSR count). The van der Waals surface area contributed by atoms with Crippen molar-refractivity contribution < 1.29 is 13.7 Å². The Balaban J connectivity index is 1.40. The molecule has 1 amide bonds. The van der Waals surface area contributed by atoms with Crippen molar-refractivity contribution in [2.24, 2.45) is 5.92 Å². The number of amides is 1. The first-order chi connectivity index (χ1) is 16.1. The molecule has 0 spiro atoms. The van der Waals surface area contributed by atoms with E-state index in [1.54, 1.807) is 17.0 Å². The molecule has 7 nitrogen and oxygen atoms in total. The van der Waals surface area contributed by atoms with Crippen LogP contribution in [-0.4, -0.2) is 46.1 Å². The Labute approximate surface area is 190 Å². The van der Waals surface area contributed by atoms with Crippen molar-refractivity contribution in [2.45, 2.75) is 19.4 Å². The zero-order valence-corrected chi connectivity index (χ0v) is 18.3. The predicted molar refractivity (Wildman–Crippen MR) is 123 cm³/mol. The summed E-state index contributed by atoms with van der Waals surface area (Å²) in [5.41, 5.74) is 2.76. The summed E-state index contributed by atoms with van der Waals surface area (Å²) < 4.78 is 18.9. The van der Waals surface area contributed by atoms with Gasteiger partial charge in [0.05, 0.1) is 5.92 Å². The molecular weight excluding hydrogens is 421 g/mol. The van der Waals surface area contributed by atoms with Crippen molar-refractivity contribution in [3.05, 3.63) is 72.3 Å². The molecule has 2 aromatic heterocycles. The van der Waals surface area contributed by atoms with Crippen molar-refractivity contribution in [3.8, 4) is 11.3 Å². The third kappa shape index (κ3) is 4.28. The number of benzene rings is 2. The Kier molecular flexibility index (Phi) is 5.73. The number of carbonyl (C=O) groups excluding carboxylic acids is 1. The monoisotopic (exact) mass is 445 g/mol. The minimum absolute atomic E-state index is 0.123. The molecule has 1 aliphatic rings. The fourth-order valence-corrected chi connectivity index (χ4v) is 4.43. The summed E-state index contributed by atoms with van der Waals surface area (Å²) in [4.78, 5) is 25.9. The number of anilines is 1. The number of rotatable bonds is 5. The molecule has 0 bridgehead atoms. The standard InChI is InChI=1S/C25H24FN5O2/c1-30(14-17-6-3-2-4-7-17)25(32)19-8-5-13-31(15-19)23-21-22(18-9-11-20(26)12-10-18)29-33-24(21)28-16-27-23/h2-4,6-7,9-12,16,19H,5,8,13-15H2,1H3/t19-/m0/s1. The lowest BCUT2D eigenvalue weighted by Gasteiger charge is -2.34. The number of piperidine rings is 1. The highest BCUT2D eigenvalue weighted by atomic mass is 19.1. The lowest BCUT2D eigenvalue weighted by Crippen LogP contribution is -2.43. The van der Waals surface area contributed by atoms with Gasteiger partial charge in [0, 0.05) is 32.2 Å². The number of halogens is 1. The van der Waals surface area contributed by atoms with Crippen LogP contribution in [0.3, 0.4) is 0 Å². The van der Waals surface area contributed by atoms with E-state index in [0.29, 0.717) is 35.7 Å². The van der Waals surface area contributed by atoms with E-state index in [4.69, 9.17) is 4.52 Å². The number of carbonyl (C=O) groups is 1. The van der Waals surface area contributed by atoms with Crippen molar-refractivity contribution in [1.29, 1.82) is 0 Å². The molecule has 2 aromatic carbocycles. The van der Waals surface area contributed by atoms with Gasteiger partial charge in [0.1, 0.15) is 29.0 Å². The summed E-state index contributed by atoms with van der Waals surface area (Å²) in [5, 5.41) is 4.85. The molecule has 8 heteroatoms. The first-order valence-electron chi connectivity index (χ1n) is 11.0. The number of nitrogens with zero attached hydrogens (tertiary/aromatic N) is 5. The highest BCUT2D eigenvalue weighted by molar-refractivity contribution is 5.98. The van der Waals surface area contributed by atoms with Crippen LogP contribution in [0.2, 0.25) is 0 Å².